The fourth-order valence-electron chi connectivity index (χ4n) is 4.62. The third-order valence-electron chi connectivity index (χ3n) is 6.60. The number of rotatable bonds is 7. The van der Waals surface area contributed by atoms with Crippen LogP contribution in [0.25, 0.3) is 0 Å². The standard InChI is InChI=1S/C26H31FN4O4/c1-5-31-18(3)21(17(2)28-31)15-29-11-10-22-25(26(33)34-4)23(14-24(32)30(22)13-12-29)35-16-19-6-8-20(27)9-7-19/h6-9,14H,5,10-13,15-16H2,1-4H3. The van der Waals surface area contributed by atoms with Crippen LogP contribution < -0.4 is 10.3 Å². The number of aryl methyl sites for hydroxylation is 2. The van der Waals surface area contributed by atoms with Gasteiger partial charge >= 0.3 is 5.97 Å². The predicted molar refractivity (Wildman–Crippen MR) is 129 cm³/mol. The van der Waals surface area contributed by atoms with E-state index in [-0.39, 0.29) is 29.3 Å². The van der Waals surface area contributed by atoms with Crippen LogP contribution in [0.3, 0.4) is 0 Å². The first-order valence-electron chi connectivity index (χ1n) is 11.8. The van der Waals surface area contributed by atoms with Crippen LogP contribution in [0.4, 0.5) is 4.39 Å². The molecule has 9 heteroatoms. The minimum atomic E-state index is -0.549. The summed E-state index contributed by atoms with van der Waals surface area (Å²) < 4.78 is 27.8. The van der Waals surface area contributed by atoms with Crippen molar-refractivity contribution in [3.05, 3.63) is 80.3 Å². The fraction of sp³-hybridized carbons (Fsp3) is 0.423. The number of fused-ring (bicyclic) bond motifs is 1. The van der Waals surface area contributed by atoms with Gasteiger partial charge in [0.25, 0.3) is 5.56 Å². The highest BCUT2D eigenvalue weighted by molar-refractivity contribution is 5.93. The molecule has 0 saturated heterocycles. The highest BCUT2D eigenvalue weighted by Gasteiger charge is 2.27. The largest absolute Gasteiger partial charge is 0.488 e. The molecule has 2 aromatic heterocycles. The van der Waals surface area contributed by atoms with Crippen molar-refractivity contribution in [2.24, 2.45) is 0 Å². The molecule has 0 atom stereocenters. The van der Waals surface area contributed by atoms with Gasteiger partial charge in [-0.25, -0.2) is 9.18 Å². The smallest absolute Gasteiger partial charge is 0.343 e. The fourth-order valence-corrected chi connectivity index (χ4v) is 4.62. The minimum Gasteiger partial charge on any atom is -0.488 e. The summed E-state index contributed by atoms with van der Waals surface area (Å²) in [5, 5.41) is 4.62. The van der Waals surface area contributed by atoms with Crippen molar-refractivity contribution in [2.75, 3.05) is 20.2 Å². The third kappa shape index (κ3) is 5.14. The quantitative estimate of drug-likeness (QED) is 0.481. The van der Waals surface area contributed by atoms with Crippen molar-refractivity contribution < 1.29 is 18.7 Å². The predicted octanol–water partition coefficient (Wildman–Crippen LogP) is 3.24. The Morgan fingerprint density at radius 3 is 2.54 bits per heavy atom. The molecule has 1 aliphatic heterocycles. The molecule has 0 bridgehead atoms. The topological polar surface area (TPSA) is 78.6 Å². The first-order chi connectivity index (χ1) is 16.8. The molecule has 3 aromatic rings. The summed E-state index contributed by atoms with van der Waals surface area (Å²) >= 11 is 0. The summed E-state index contributed by atoms with van der Waals surface area (Å²) in [5.74, 6) is -0.710. The molecule has 0 aliphatic carbocycles. The molecule has 8 nitrogen and oxygen atoms in total. The average Bonchev–Trinajstić information content (AvgIpc) is 2.99. The maximum Gasteiger partial charge on any atom is 0.343 e. The highest BCUT2D eigenvalue weighted by atomic mass is 19.1. The van der Waals surface area contributed by atoms with Crippen molar-refractivity contribution in [1.82, 2.24) is 19.2 Å². The summed E-state index contributed by atoms with van der Waals surface area (Å²) in [7, 11) is 1.31. The number of hydrogen-bond acceptors (Lipinski definition) is 6. The van der Waals surface area contributed by atoms with Crippen LogP contribution in [0.5, 0.6) is 5.75 Å². The minimum absolute atomic E-state index is 0.0965. The number of hydrogen-bond donors (Lipinski definition) is 0. The summed E-state index contributed by atoms with van der Waals surface area (Å²) in [6.07, 6.45) is 0.493. The number of nitrogens with zero attached hydrogens (tertiary/aromatic N) is 4. The van der Waals surface area contributed by atoms with E-state index in [4.69, 9.17) is 9.47 Å². The number of esters is 1. The van der Waals surface area contributed by atoms with Gasteiger partial charge in [-0.15, -0.1) is 0 Å². The van der Waals surface area contributed by atoms with Gasteiger partial charge in [-0.3, -0.25) is 14.4 Å². The number of methoxy groups -OCH3 is 1. The average molecular weight is 483 g/mol. The van der Waals surface area contributed by atoms with E-state index in [9.17, 15) is 14.0 Å². The lowest BCUT2D eigenvalue weighted by Crippen LogP contribution is -2.29. The van der Waals surface area contributed by atoms with Crippen LogP contribution >= 0.6 is 0 Å². The third-order valence-corrected chi connectivity index (χ3v) is 6.60. The second-order valence-electron chi connectivity index (χ2n) is 8.72. The van der Waals surface area contributed by atoms with E-state index >= 15 is 0 Å². The Balaban J connectivity index is 1.60. The Morgan fingerprint density at radius 2 is 1.89 bits per heavy atom. The van der Waals surface area contributed by atoms with Gasteiger partial charge in [0.05, 0.1) is 12.8 Å². The molecule has 0 saturated carbocycles. The van der Waals surface area contributed by atoms with Gasteiger partial charge in [-0.05, 0) is 38.5 Å². The Kier molecular flexibility index (Phi) is 7.35. The van der Waals surface area contributed by atoms with Crippen LogP contribution in [0.15, 0.2) is 35.1 Å². The molecule has 0 fully saturated rings. The van der Waals surface area contributed by atoms with Crippen LogP contribution in [0.1, 0.15) is 45.5 Å². The normalized spacial score (nSPS) is 13.9. The zero-order chi connectivity index (χ0) is 25.1. The molecule has 1 aromatic carbocycles. The molecule has 3 heterocycles. The van der Waals surface area contributed by atoms with E-state index in [1.807, 2.05) is 11.6 Å². The van der Waals surface area contributed by atoms with Crippen molar-refractivity contribution in [3.63, 3.8) is 0 Å². The molecule has 0 radical (unpaired) electrons. The van der Waals surface area contributed by atoms with Crippen molar-refractivity contribution in [3.8, 4) is 5.75 Å². The summed E-state index contributed by atoms with van der Waals surface area (Å²) in [6.45, 7) is 9.60. The molecular weight excluding hydrogens is 451 g/mol. The number of ether oxygens (including phenoxy) is 2. The maximum atomic E-state index is 13.2. The molecule has 35 heavy (non-hydrogen) atoms. The first-order valence-corrected chi connectivity index (χ1v) is 11.8. The Morgan fingerprint density at radius 1 is 1.14 bits per heavy atom. The zero-order valence-corrected chi connectivity index (χ0v) is 20.6. The number of halogens is 1. The SMILES string of the molecule is CCn1nc(C)c(CN2CCc3c(C(=O)OC)c(OCc4ccc(F)cc4)cc(=O)n3CC2)c1C. The second-order valence-corrected chi connectivity index (χ2v) is 8.72. The van der Waals surface area contributed by atoms with Crippen molar-refractivity contribution >= 4 is 5.97 Å². The van der Waals surface area contributed by atoms with E-state index in [2.05, 4.69) is 23.8 Å². The Labute approximate surface area is 203 Å². The van der Waals surface area contributed by atoms with Gasteiger partial charge in [0.1, 0.15) is 23.7 Å². The number of aromatic nitrogens is 3. The zero-order valence-electron chi connectivity index (χ0n) is 20.6. The van der Waals surface area contributed by atoms with Gasteiger partial charge < -0.3 is 14.0 Å². The summed E-state index contributed by atoms with van der Waals surface area (Å²) in [6, 6.07) is 7.23. The van der Waals surface area contributed by atoms with Gasteiger partial charge in [0.15, 0.2) is 0 Å². The number of carbonyl (C=O) groups excluding carboxylic acids is 1. The molecule has 0 unspecified atom stereocenters. The molecule has 4 rings (SSSR count). The molecule has 0 amide bonds. The lowest BCUT2D eigenvalue weighted by Gasteiger charge is -2.19. The molecule has 0 spiro atoms. The van der Waals surface area contributed by atoms with E-state index < -0.39 is 5.97 Å². The van der Waals surface area contributed by atoms with Gasteiger partial charge in [0.2, 0.25) is 0 Å². The van der Waals surface area contributed by atoms with Crippen LogP contribution in [0.2, 0.25) is 0 Å². The summed E-state index contributed by atoms with van der Waals surface area (Å²) in [4.78, 5) is 28.1. The number of pyridine rings is 1. The number of benzene rings is 1. The van der Waals surface area contributed by atoms with E-state index in [1.54, 1.807) is 16.7 Å². The first kappa shape index (κ1) is 24.7. The Bertz CT molecular complexity index is 1280. The van der Waals surface area contributed by atoms with Crippen LogP contribution in [0, 0.1) is 19.7 Å². The highest BCUT2D eigenvalue weighted by Crippen LogP contribution is 2.26. The molecule has 186 valence electrons. The lowest BCUT2D eigenvalue weighted by atomic mass is 10.1. The van der Waals surface area contributed by atoms with E-state index in [1.165, 1.54) is 30.9 Å². The Hall–Kier alpha value is -3.46. The maximum absolute atomic E-state index is 13.2. The van der Waals surface area contributed by atoms with Gasteiger partial charge in [0, 0.05) is 62.2 Å². The lowest BCUT2D eigenvalue weighted by molar-refractivity contribution is 0.0592. The molecule has 0 N–H and O–H groups in total. The molecule has 1 aliphatic rings. The second kappa shape index (κ2) is 10.4. The van der Waals surface area contributed by atoms with Crippen molar-refractivity contribution in [1.29, 1.82) is 0 Å². The molecular formula is C26H31FN4O4. The monoisotopic (exact) mass is 482 g/mol. The van der Waals surface area contributed by atoms with Crippen LogP contribution in [-0.2, 0) is 37.4 Å². The van der Waals surface area contributed by atoms with Crippen LogP contribution in [-0.4, -0.2) is 45.4 Å². The van der Waals surface area contributed by atoms with Gasteiger partial charge in [-0.1, -0.05) is 12.1 Å². The summed E-state index contributed by atoms with van der Waals surface area (Å²) in [5.41, 5.74) is 4.73. The van der Waals surface area contributed by atoms with E-state index in [0.29, 0.717) is 31.7 Å². The van der Waals surface area contributed by atoms with Crippen molar-refractivity contribution in [2.45, 2.75) is 53.4 Å². The van der Waals surface area contributed by atoms with E-state index in [0.717, 1.165) is 30.0 Å². The van der Waals surface area contributed by atoms with Gasteiger partial charge in [-0.2, -0.15) is 5.10 Å². The number of carbonyl (C=O) groups is 1.